The molecule has 33 heavy (non-hydrogen) atoms. The predicted molar refractivity (Wildman–Crippen MR) is 135 cm³/mol. The first-order valence-corrected chi connectivity index (χ1v) is 11.9. The van der Waals surface area contributed by atoms with Crippen LogP contribution in [0.2, 0.25) is 0 Å². The van der Waals surface area contributed by atoms with Gasteiger partial charge in [0, 0.05) is 10.6 Å². The molecule has 0 aliphatic carbocycles. The summed E-state index contributed by atoms with van der Waals surface area (Å²) in [5.74, 6) is 1.10. The van der Waals surface area contributed by atoms with Crippen LogP contribution >= 0.6 is 22.6 Å². The predicted octanol–water partition coefficient (Wildman–Crippen LogP) is 3.83. The van der Waals surface area contributed by atoms with Gasteiger partial charge in [0.05, 0.1) is 35.2 Å². The summed E-state index contributed by atoms with van der Waals surface area (Å²) in [7, 11) is 0. The van der Waals surface area contributed by atoms with Gasteiger partial charge in [-0.1, -0.05) is 41.6 Å². The van der Waals surface area contributed by atoms with Crippen LogP contribution in [0.15, 0.2) is 60.2 Å². The highest BCUT2D eigenvalue weighted by atomic mass is 127. The summed E-state index contributed by atoms with van der Waals surface area (Å²) >= 11 is 2.26. The van der Waals surface area contributed by atoms with E-state index < -0.39 is 0 Å². The average Bonchev–Trinajstić information content (AvgIpc) is 3.34. The molecular formula is C22H20IN9O. The number of alkyl halides is 1. The van der Waals surface area contributed by atoms with Crippen LogP contribution in [0.25, 0.3) is 22.1 Å². The molecule has 0 radical (unpaired) electrons. The molecule has 0 bridgehead atoms. The molecule has 0 saturated carbocycles. The lowest BCUT2D eigenvalue weighted by atomic mass is 10.1. The van der Waals surface area contributed by atoms with Crippen molar-refractivity contribution in [1.82, 2.24) is 34.6 Å². The standard InChI is InChI=1S/C22H20IN9O/c1-2-15(29-20-18-19(26-11-25-18)27-12-28-20)21-30-16-7-3-5-13(9-23)17(16)22(33)32(21)31-14-6-4-8-24-10-14/h3-8,10-12,15,31H,2,9H2,1H3,(H2,25,26,27,28,29). The first kappa shape index (κ1) is 21.2. The van der Waals surface area contributed by atoms with Crippen LogP contribution in [-0.4, -0.2) is 34.6 Å². The molecule has 0 aliphatic heterocycles. The number of H-pyrrole nitrogens is 1. The quantitative estimate of drug-likeness (QED) is 0.205. The Hall–Kier alpha value is -3.61. The van der Waals surface area contributed by atoms with Gasteiger partial charge in [0.15, 0.2) is 17.3 Å². The minimum atomic E-state index is -0.329. The van der Waals surface area contributed by atoms with Gasteiger partial charge in [-0.2, -0.15) is 0 Å². The molecule has 166 valence electrons. The van der Waals surface area contributed by atoms with Gasteiger partial charge in [0.25, 0.3) is 5.56 Å². The molecule has 0 saturated heterocycles. The number of hydrogen-bond acceptors (Lipinski definition) is 8. The smallest absolute Gasteiger partial charge is 0.280 e. The van der Waals surface area contributed by atoms with Crippen LogP contribution in [0.4, 0.5) is 11.5 Å². The van der Waals surface area contributed by atoms with Crippen molar-refractivity contribution in [2.45, 2.75) is 23.8 Å². The average molecular weight is 553 g/mol. The molecule has 1 atom stereocenters. The van der Waals surface area contributed by atoms with Crippen molar-refractivity contribution in [3.05, 3.63) is 77.1 Å². The van der Waals surface area contributed by atoms with E-state index in [1.807, 2.05) is 37.3 Å². The van der Waals surface area contributed by atoms with Gasteiger partial charge in [-0.3, -0.25) is 15.2 Å². The molecule has 3 N–H and O–H groups in total. The molecule has 0 amide bonds. The maximum Gasteiger partial charge on any atom is 0.280 e. The van der Waals surface area contributed by atoms with Crippen molar-refractivity contribution in [1.29, 1.82) is 0 Å². The number of rotatable bonds is 7. The number of halogens is 1. The molecule has 4 heterocycles. The van der Waals surface area contributed by atoms with Crippen LogP contribution in [-0.2, 0) is 4.43 Å². The minimum absolute atomic E-state index is 0.168. The number of nitrogens with zero attached hydrogens (tertiary/aromatic N) is 6. The molecule has 11 heteroatoms. The molecule has 0 aliphatic rings. The molecule has 10 nitrogen and oxygen atoms in total. The number of imidazole rings is 1. The third-order valence-electron chi connectivity index (χ3n) is 5.30. The summed E-state index contributed by atoms with van der Waals surface area (Å²) in [4.78, 5) is 38.7. The molecule has 1 aromatic carbocycles. The molecule has 5 aromatic rings. The van der Waals surface area contributed by atoms with Crippen LogP contribution in [0.1, 0.15) is 30.8 Å². The number of benzene rings is 1. The first-order chi connectivity index (χ1) is 16.2. The summed E-state index contributed by atoms with van der Waals surface area (Å²) in [5, 5.41) is 4.00. The van der Waals surface area contributed by atoms with E-state index in [0.717, 1.165) is 5.56 Å². The van der Waals surface area contributed by atoms with Gasteiger partial charge in [-0.15, -0.1) is 0 Å². The van der Waals surface area contributed by atoms with Crippen LogP contribution in [0.5, 0.6) is 0 Å². The minimum Gasteiger partial charge on any atom is -0.358 e. The Kier molecular flexibility index (Phi) is 5.86. The highest BCUT2D eigenvalue weighted by Crippen LogP contribution is 2.25. The highest BCUT2D eigenvalue weighted by molar-refractivity contribution is 14.1. The van der Waals surface area contributed by atoms with Crippen molar-refractivity contribution in [3.8, 4) is 0 Å². The Morgan fingerprint density at radius 2 is 2.09 bits per heavy atom. The Bertz CT molecular complexity index is 1480. The second-order valence-corrected chi connectivity index (χ2v) is 8.10. The summed E-state index contributed by atoms with van der Waals surface area (Å²) in [6.07, 6.45) is 7.04. The zero-order valence-electron chi connectivity index (χ0n) is 17.7. The van der Waals surface area contributed by atoms with Crippen LogP contribution in [0, 0.1) is 0 Å². The number of aromatic amines is 1. The molecular weight excluding hydrogens is 533 g/mol. The molecule has 0 fully saturated rings. The van der Waals surface area contributed by atoms with E-state index in [9.17, 15) is 4.79 Å². The fraction of sp³-hybridized carbons (Fsp3) is 0.182. The van der Waals surface area contributed by atoms with E-state index in [0.29, 0.717) is 50.2 Å². The Labute approximate surface area is 202 Å². The van der Waals surface area contributed by atoms with E-state index in [1.165, 1.54) is 11.0 Å². The topological polar surface area (TPSA) is 126 Å². The lowest BCUT2D eigenvalue weighted by molar-refractivity contribution is 0.640. The van der Waals surface area contributed by atoms with Gasteiger partial charge in [-0.25, -0.2) is 24.6 Å². The fourth-order valence-electron chi connectivity index (χ4n) is 3.71. The molecule has 4 aromatic heterocycles. The second-order valence-electron chi connectivity index (χ2n) is 7.34. The monoisotopic (exact) mass is 553 g/mol. The van der Waals surface area contributed by atoms with Crippen molar-refractivity contribution in [2.75, 3.05) is 10.7 Å². The number of nitrogens with one attached hydrogen (secondary N) is 3. The van der Waals surface area contributed by atoms with Gasteiger partial charge in [-0.05, 0) is 30.2 Å². The maximum atomic E-state index is 13.7. The van der Waals surface area contributed by atoms with E-state index in [-0.39, 0.29) is 11.6 Å². The zero-order chi connectivity index (χ0) is 22.8. The van der Waals surface area contributed by atoms with E-state index in [4.69, 9.17) is 4.98 Å². The second kappa shape index (κ2) is 9.10. The van der Waals surface area contributed by atoms with Gasteiger partial charge in [0.2, 0.25) is 0 Å². The summed E-state index contributed by atoms with van der Waals surface area (Å²) in [6, 6.07) is 9.08. The number of anilines is 2. The Balaban J connectivity index is 1.68. The fourth-order valence-corrected chi connectivity index (χ4v) is 4.35. The third-order valence-corrected chi connectivity index (χ3v) is 6.13. The van der Waals surface area contributed by atoms with Gasteiger partial charge >= 0.3 is 0 Å². The first-order valence-electron chi connectivity index (χ1n) is 10.4. The lowest BCUT2D eigenvalue weighted by Gasteiger charge is -2.23. The highest BCUT2D eigenvalue weighted by Gasteiger charge is 2.22. The lowest BCUT2D eigenvalue weighted by Crippen LogP contribution is -2.34. The number of aromatic nitrogens is 7. The Morgan fingerprint density at radius 1 is 1.18 bits per heavy atom. The van der Waals surface area contributed by atoms with Crippen molar-refractivity contribution >= 4 is 56.2 Å². The number of fused-ring (bicyclic) bond motifs is 2. The SMILES string of the molecule is CCC(Nc1ncnc2[nH]cnc12)c1nc2cccc(CI)c2c(=O)n1Nc1cccnc1. The summed E-state index contributed by atoms with van der Waals surface area (Å²) in [6.45, 7) is 2.02. The van der Waals surface area contributed by atoms with Crippen molar-refractivity contribution < 1.29 is 0 Å². The van der Waals surface area contributed by atoms with Crippen molar-refractivity contribution in [3.63, 3.8) is 0 Å². The summed E-state index contributed by atoms with van der Waals surface area (Å²) < 4.78 is 2.20. The van der Waals surface area contributed by atoms with E-state index >= 15 is 0 Å². The van der Waals surface area contributed by atoms with Crippen molar-refractivity contribution in [2.24, 2.45) is 0 Å². The van der Waals surface area contributed by atoms with Crippen LogP contribution in [0.3, 0.4) is 0 Å². The third kappa shape index (κ3) is 3.99. The number of hydrogen-bond donors (Lipinski definition) is 3. The van der Waals surface area contributed by atoms with Gasteiger partial charge < -0.3 is 10.3 Å². The maximum absolute atomic E-state index is 13.7. The molecule has 5 rings (SSSR count). The van der Waals surface area contributed by atoms with E-state index in [1.54, 1.807) is 18.7 Å². The molecule has 0 spiro atoms. The largest absolute Gasteiger partial charge is 0.358 e. The summed E-state index contributed by atoms with van der Waals surface area (Å²) in [5.41, 5.74) is 6.56. The van der Waals surface area contributed by atoms with Crippen LogP contribution < -0.4 is 16.3 Å². The Morgan fingerprint density at radius 3 is 2.88 bits per heavy atom. The molecule has 1 unspecified atom stereocenters. The zero-order valence-corrected chi connectivity index (χ0v) is 19.8. The van der Waals surface area contributed by atoms with Gasteiger partial charge in [0.1, 0.15) is 11.8 Å². The number of pyridine rings is 1. The normalized spacial score (nSPS) is 12.2. The van der Waals surface area contributed by atoms with E-state index in [2.05, 4.69) is 58.3 Å².